The number of hydrogen-bond acceptors (Lipinski definition) is 13. The van der Waals surface area contributed by atoms with Crippen LogP contribution in [0.2, 0.25) is 0 Å². The molecule has 2 rings (SSSR count). The molecule has 0 amide bonds. The Kier molecular flexibility index (Phi) is 16.0. The highest BCUT2D eigenvalue weighted by Gasteiger charge is 2.47. The minimum absolute atomic E-state index is 0.00470. The number of aliphatic hydroxyl groups excluding tert-OH is 7. The van der Waals surface area contributed by atoms with Crippen molar-refractivity contribution in [2.45, 2.75) is 120 Å². The van der Waals surface area contributed by atoms with Crippen LogP contribution in [0.1, 0.15) is 52.4 Å². The van der Waals surface area contributed by atoms with Gasteiger partial charge in [0.1, 0.15) is 54.9 Å². The van der Waals surface area contributed by atoms with E-state index in [0.717, 1.165) is 38.5 Å². The summed E-state index contributed by atoms with van der Waals surface area (Å²) < 4.78 is 33.7. The van der Waals surface area contributed by atoms with Crippen molar-refractivity contribution >= 4 is 0 Å². The van der Waals surface area contributed by atoms with Gasteiger partial charge in [-0.3, -0.25) is 0 Å². The lowest BCUT2D eigenvalue weighted by Gasteiger charge is -2.42. The highest BCUT2D eigenvalue weighted by atomic mass is 16.7. The van der Waals surface area contributed by atoms with Gasteiger partial charge in [0.2, 0.25) is 0 Å². The van der Waals surface area contributed by atoms with Crippen LogP contribution in [0.4, 0.5) is 0 Å². The zero-order valence-corrected chi connectivity index (χ0v) is 22.4. The van der Waals surface area contributed by atoms with Gasteiger partial charge in [0.25, 0.3) is 0 Å². The van der Waals surface area contributed by atoms with Crippen molar-refractivity contribution in [3.8, 4) is 0 Å². The Morgan fingerprint density at radius 3 is 1.79 bits per heavy atom. The standard InChI is InChI=1S/C25H48O13/c1-3-5-7-9-33-12-15(34-10-8-6-4-2)13-35-24-23(32)21(30)19(28)17(38-24)14-36-25-22(31)20(29)18(27)16(11-26)37-25/h15-32H,3-14H2,1-2H3/t15?,16-,17-,18+,19+,20+,21+,22-,23-,24-,25+/m1/s1. The maximum Gasteiger partial charge on any atom is 0.186 e. The number of unbranched alkanes of at least 4 members (excludes halogenated alkanes) is 4. The quantitative estimate of drug-likeness (QED) is 0.0955. The smallest absolute Gasteiger partial charge is 0.186 e. The van der Waals surface area contributed by atoms with E-state index in [0.29, 0.717) is 13.2 Å². The molecule has 13 heteroatoms. The molecule has 11 atom stereocenters. The molecule has 2 aliphatic heterocycles. The zero-order chi connectivity index (χ0) is 28.1. The van der Waals surface area contributed by atoms with Crippen LogP contribution in [0.15, 0.2) is 0 Å². The van der Waals surface area contributed by atoms with Gasteiger partial charge in [-0.2, -0.15) is 0 Å². The largest absolute Gasteiger partial charge is 0.394 e. The number of aliphatic hydroxyl groups is 7. The van der Waals surface area contributed by atoms with Gasteiger partial charge in [-0.15, -0.1) is 0 Å². The van der Waals surface area contributed by atoms with E-state index in [4.69, 9.17) is 28.4 Å². The monoisotopic (exact) mass is 556 g/mol. The van der Waals surface area contributed by atoms with Gasteiger partial charge in [0.05, 0.1) is 26.4 Å². The molecule has 1 unspecified atom stereocenters. The fourth-order valence-electron chi connectivity index (χ4n) is 4.20. The van der Waals surface area contributed by atoms with E-state index in [2.05, 4.69) is 13.8 Å². The number of ether oxygens (including phenoxy) is 6. The maximum absolute atomic E-state index is 10.4. The summed E-state index contributed by atoms with van der Waals surface area (Å²) in [7, 11) is 0. The second-order valence-electron chi connectivity index (χ2n) is 9.86. The van der Waals surface area contributed by atoms with Gasteiger partial charge in [0.15, 0.2) is 12.6 Å². The van der Waals surface area contributed by atoms with Crippen LogP contribution in [0.5, 0.6) is 0 Å². The first-order valence-corrected chi connectivity index (χ1v) is 13.7. The normalized spacial score (nSPS) is 36.9. The van der Waals surface area contributed by atoms with E-state index in [1.165, 1.54) is 0 Å². The topological polar surface area (TPSA) is 197 Å². The van der Waals surface area contributed by atoms with Crippen LogP contribution in [-0.4, -0.2) is 143 Å². The summed E-state index contributed by atoms with van der Waals surface area (Å²) in [5, 5.41) is 70.5. The molecule has 0 bridgehead atoms. The first kappa shape index (κ1) is 33.7. The third kappa shape index (κ3) is 10.1. The van der Waals surface area contributed by atoms with Gasteiger partial charge in [-0.25, -0.2) is 0 Å². The van der Waals surface area contributed by atoms with Crippen LogP contribution in [0.25, 0.3) is 0 Å². The molecular formula is C25H48O13. The van der Waals surface area contributed by atoms with E-state index in [1.54, 1.807) is 0 Å². The lowest BCUT2D eigenvalue weighted by atomic mass is 9.98. The summed E-state index contributed by atoms with van der Waals surface area (Å²) in [6.07, 6.45) is -9.09. The van der Waals surface area contributed by atoms with Crippen molar-refractivity contribution in [2.24, 2.45) is 0 Å². The average Bonchev–Trinajstić information content (AvgIpc) is 2.92. The van der Waals surface area contributed by atoms with E-state index in [1.807, 2.05) is 0 Å². The second kappa shape index (κ2) is 18.0. The van der Waals surface area contributed by atoms with E-state index in [9.17, 15) is 35.7 Å². The lowest BCUT2D eigenvalue weighted by molar-refractivity contribution is -0.333. The Morgan fingerprint density at radius 2 is 1.18 bits per heavy atom. The second-order valence-corrected chi connectivity index (χ2v) is 9.86. The molecule has 0 radical (unpaired) electrons. The number of hydrogen-bond donors (Lipinski definition) is 7. The van der Waals surface area contributed by atoms with Crippen molar-refractivity contribution < 1.29 is 64.2 Å². The zero-order valence-electron chi connectivity index (χ0n) is 22.4. The fraction of sp³-hybridized carbons (Fsp3) is 1.00. The molecule has 38 heavy (non-hydrogen) atoms. The van der Waals surface area contributed by atoms with Crippen molar-refractivity contribution in [2.75, 3.05) is 39.6 Å². The SMILES string of the molecule is CCCCCOCC(CO[C@@H]1O[C@H](CO[C@H]2O[C@H](CO)[C@H](O)[C@H](O)[C@H]2O)[C@H](O)[C@H](O)[C@H]1O)OCCCCC. The first-order chi connectivity index (χ1) is 18.2. The van der Waals surface area contributed by atoms with Gasteiger partial charge >= 0.3 is 0 Å². The van der Waals surface area contributed by atoms with E-state index in [-0.39, 0.29) is 13.2 Å². The summed E-state index contributed by atoms with van der Waals surface area (Å²) >= 11 is 0. The predicted octanol–water partition coefficient (Wildman–Crippen LogP) is -1.59. The molecule has 0 saturated carbocycles. The summed E-state index contributed by atoms with van der Waals surface area (Å²) in [5.41, 5.74) is 0. The first-order valence-electron chi connectivity index (χ1n) is 13.7. The van der Waals surface area contributed by atoms with Crippen molar-refractivity contribution in [3.05, 3.63) is 0 Å². The summed E-state index contributed by atoms with van der Waals surface area (Å²) in [6.45, 7) is 4.55. The molecule has 0 aromatic heterocycles. The van der Waals surface area contributed by atoms with Crippen LogP contribution >= 0.6 is 0 Å². The van der Waals surface area contributed by atoms with Gasteiger partial charge in [0, 0.05) is 13.2 Å². The lowest BCUT2D eigenvalue weighted by Crippen LogP contribution is -2.61. The molecule has 7 N–H and O–H groups in total. The summed E-state index contributed by atoms with van der Waals surface area (Å²) in [6, 6.07) is 0. The molecule has 0 spiro atoms. The van der Waals surface area contributed by atoms with Gasteiger partial charge < -0.3 is 64.2 Å². The molecule has 0 aromatic rings. The van der Waals surface area contributed by atoms with Gasteiger partial charge in [-0.05, 0) is 12.8 Å². The van der Waals surface area contributed by atoms with Crippen LogP contribution in [-0.2, 0) is 28.4 Å². The van der Waals surface area contributed by atoms with Crippen molar-refractivity contribution in [3.63, 3.8) is 0 Å². The third-order valence-corrected chi connectivity index (χ3v) is 6.69. The van der Waals surface area contributed by atoms with Crippen LogP contribution in [0, 0.1) is 0 Å². The molecule has 2 aliphatic rings. The average molecular weight is 557 g/mol. The Morgan fingerprint density at radius 1 is 0.632 bits per heavy atom. The summed E-state index contributed by atoms with van der Waals surface area (Å²) in [4.78, 5) is 0. The fourth-order valence-corrected chi connectivity index (χ4v) is 4.20. The van der Waals surface area contributed by atoms with Crippen LogP contribution < -0.4 is 0 Å². The molecule has 2 heterocycles. The third-order valence-electron chi connectivity index (χ3n) is 6.69. The van der Waals surface area contributed by atoms with Crippen molar-refractivity contribution in [1.82, 2.24) is 0 Å². The molecule has 226 valence electrons. The molecule has 13 nitrogen and oxygen atoms in total. The molecule has 2 fully saturated rings. The molecular weight excluding hydrogens is 508 g/mol. The molecule has 0 aliphatic carbocycles. The Balaban J connectivity index is 1.92. The highest BCUT2D eigenvalue weighted by molar-refractivity contribution is 4.91. The predicted molar refractivity (Wildman–Crippen MR) is 132 cm³/mol. The van der Waals surface area contributed by atoms with E-state index < -0.39 is 80.7 Å². The Labute approximate surface area is 224 Å². The minimum Gasteiger partial charge on any atom is -0.394 e. The van der Waals surface area contributed by atoms with E-state index >= 15 is 0 Å². The Bertz CT molecular complexity index is 612. The van der Waals surface area contributed by atoms with Gasteiger partial charge in [-0.1, -0.05) is 39.5 Å². The number of rotatable bonds is 18. The molecule has 2 saturated heterocycles. The maximum atomic E-state index is 10.4. The Hall–Kier alpha value is -0.520. The van der Waals surface area contributed by atoms with Crippen LogP contribution in [0.3, 0.4) is 0 Å². The summed E-state index contributed by atoms with van der Waals surface area (Å²) in [5.74, 6) is 0. The van der Waals surface area contributed by atoms with Crippen molar-refractivity contribution in [1.29, 1.82) is 0 Å². The molecule has 0 aromatic carbocycles. The highest BCUT2D eigenvalue weighted by Crippen LogP contribution is 2.26. The minimum atomic E-state index is -1.64.